The fourth-order valence-corrected chi connectivity index (χ4v) is 12.2. The molecule has 0 saturated heterocycles. The zero-order valence-electron chi connectivity index (χ0n) is 37.7. The predicted molar refractivity (Wildman–Crippen MR) is 286 cm³/mol. The van der Waals surface area contributed by atoms with Crippen LogP contribution in [0.25, 0.3) is 104 Å². The van der Waals surface area contributed by atoms with E-state index in [1.54, 1.807) is 0 Å². The summed E-state index contributed by atoms with van der Waals surface area (Å²) in [5.74, 6) is 2.97. The van der Waals surface area contributed by atoms with Crippen molar-refractivity contribution in [2.24, 2.45) is 0 Å². The fraction of sp³-hybridized carbons (Fsp3) is 0.127. The van der Waals surface area contributed by atoms with E-state index in [0.717, 1.165) is 64.7 Å². The Balaban J connectivity index is 1.06. The molecule has 11 aromatic rings. The Morgan fingerprint density at radius 2 is 1.19 bits per heavy atom. The van der Waals surface area contributed by atoms with Crippen molar-refractivity contribution >= 4 is 53.3 Å². The molecule has 3 aromatic heterocycles. The summed E-state index contributed by atoms with van der Waals surface area (Å²) >= 11 is 1.88. The Kier molecular flexibility index (Phi) is 10.2. The zero-order chi connectivity index (χ0) is 45.0. The van der Waals surface area contributed by atoms with E-state index in [2.05, 4.69) is 211 Å². The molecule has 1 atom stereocenters. The summed E-state index contributed by atoms with van der Waals surface area (Å²) in [7, 11) is 0. The van der Waals surface area contributed by atoms with E-state index >= 15 is 0 Å². The molecule has 0 spiro atoms. The van der Waals surface area contributed by atoms with Crippen LogP contribution >= 0.6 is 11.3 Å². The van der Waals surface area contributed by atoms with Gasteiger partial charge in [0.05, 0.1) is 11.0 Å². The van der Waals surface area contributed by atoms with Gasteiger partial charge in [0, 0.05) is 65.2 Å². The van der Waals surface area contributed by atoms with Gasteiger partial charge >= 0.3 is 0 Å². The lowest BCUT2D eigenvalue weighted by molar-refractivity contribution is 0.428. The molecule has 0 aliphatic heterocycles. The molecule has 1 unspecified atom stereocenters. The predicted octanol–water partition coefficient (Wildman–Crippen LogP) is 17.3. The van der Waals surface area contributed by atoms with Crippen LogP contribution < -0.4 is 0 Å². The normalized spacial score (nSPS) is 15.3. The summed E-state index contributed by atoms with van der Waals surface area (Å²) in [4.78, 5) is 16.2. The van der Waals surface area contributed by atoms with Crippen molar-refractivity contribution in [2.45, 2.75) is 50.4 Å². The Bertz CT molecular complexity index is 3750. The van der Waals surface area contributed by atoms with Gasteiger partial charge in [-0.15, -0.1) is 11.3 Å². The molecule has 2 aliphatic rings. The number of thiophene rings is 1. The molecule has 8 aromatic carbocycles. The molecule has 5 heteroatoms. The van der Waals surface area contributed by atoms with Crippen LogP contribution in [0.4, 0.5) is 0 Å². The summed E-state index contributed by atoms with van der Waals surface area (Å²) in [5, 5.41) is 5.12. The van der Waals surface area contributed by atoms with Crippen LogP contribution in [0.2, 0.25) is 0 Å². The van der Waals surface area contributed by atoms with E-state index in [4.69, 9.17) is 15.0 Å². The second-order valence-electron chi connectivity index (χ2n) is 18.5. The molecule has 1 fully saturated rings. The topological polar surface area (TPSA) is 43.6 Å². The number of hydrogen-bond donors (Lipinski definition) is 0. The third kappa shape index (κ3) is 7.17. The van der Waals surface area contributed by atoms with Gasteiger partial charge in [0.15, 0.2) is 11.6 Å². The van der Waals surface area contributed by atoms with Gasteiger partial charge in [-0.1, -0.05) is 183 Å². The SMILES string of the molecule is C1=CCC(c2cc(-c3ccccc3)cc(-c3ccc(-c4cccc5c4sc4ccc6c(c7ccccc7n6-c6ccccc6)c45)c(-c4nc(-c5ccccc5)nc(C5CCCCC5)n4)c3)c2)C=C1. The molecule has 4 nitrogen and oxygen atoms in total. The largest absolute Gasteiger partial charge is 0.309 e. The quantitative estimate of drug-likeness (QED) is 0.153. The highest BCUT2D eigenvalue weighted by atomic mass is 32.1. The van der Waals surface area contributed by atoms with Crippen LogP contribution in [0.3, 0.4) is 0 Å². The summed E-state index contributed by atoms with van der Waals surface area (Å²) in [5.41, 5.74) is 14.0. The maximum Gasteiger partial charge on any atom is 0.164 e. The monoisotopic (exact) mass is 892 g/mol. The minimum absolute atomic E-state index is 0.300. The van der Waals surface area contributed by atoms with Crippen LogP contribution in [-0.4, -0.2) is 19.5 Å². The molecular weight excluding hydrogens is 845 g/mol. The molecule has 3 heterocycles. The van der Waals surface area contributed by atoms with Gasteiger partial charge in [0.25, 0.3) is 0 Å². The number of para-hydroxylation sites is 2. The van der Waals surface area contributed by atoms with Crippen molar-refractivity contribution in [1.82, 2.24) is 19.5 Å². The van der Waals surface area contributed by atoms with Crippen molar-refractivity contribution in [3.63, 3.8) is 0 Å². The van der Waals surface area contributed by atoms with Gasteiger partial charge < -0.3 is 4.57 Å². The van der Waals surface area contributed by atoms with Gasteiger partial charge in [-0.25, -0.2) is 15.0 Å². The fourth-order valence-electron chi connectivity index (χ4n) is 11.0. The second kappa shape index (κ2) is 17.2. The number of hydrogen-bond acceptors (Lipinski definition) is 4. The van der Waals surface area contributed by atoms with Gasteiger partial charge in [0.1, 0.15) is 5.82 Å². The van der Waals surface area contributed by atoms with Crippen LogP contribution in [0.5, 0.6) is 0 Å². The molecule has 13 rings (SSSR count). The van der Waals surface area contributed by atoms with E-state index in [1.165, 1.54) is 89.1 Å². The summed E-state index contributed by atoms with van der Waals surface area (Å²) in [6.07, 6.45) is 15.8. The number of rotatable bonds is 8. The van der Waals surface area contributed by atoms with E-state index in [1.807, 2.05) is 11.3 Å². The first-order valence-corrected chi connectivity index (χ1v) is 25.0. The minimum Gasteiger partial charge on any atom is -0.309 e. The van der Waals surface area contributed by atoms with E-state index < -0.39 is 0 Å². The number of fused-ring (bicyclic) bond motifs is 7. The van der Waals surface area contributed by atoms with Crippen LogP contribution in [-0.2, 0) is 0 Å². The van der Waals surface area contributed by atoms with Gasteiger partial charge in [-0.2, -0.15) is 0 Å². The minimum atomic E-state index is 0.300. The summed E-state index contributed by atoms with van der Waals surface area (Å²) in [6.45, 7) is 0. The Labute approximate surface area is 400 Å². The summed E-state index contributed by atoms with van der Waals surface area (Å²) < 4.78 is 4.95. The Morgan fingerprint density at radius 3 is 1.99 bits per heavy atom. The molecule has 0 radical (unpaired) electrons. The van der Waals surface area contributed by atoms with Crippen molar-refractivity contribution in [2.75, 3.05) is 0 Å². The number of allylic oxidation sites excluding steroid dienone is 4. The molecule has 0 amide bonds. The molecule has 1 saturated carbocycles. The average molecular weight is 893 g/mol. The first kappa shape index (κ1) is 40.5. The lowest BCUT2D eigenvalue weighted by atomic mass is 9.86. The maximum atomic E-state index is 5.52. The zero-order valence-corrected chi connectivity index (χ0v) is 38.5. The van der Waals surface area contributed by atoms with Crippen molar-refractivity contribution in [1.29, 1.82) is 0 Å². The summed E-state index contributed by atoms with van der Waals surface area (Å²) in [6, 6.07) is 66.6. The highest BCUT2D eigenvalue weighted by Gasteiger charge is 2.25. The maximum absolute atomic E-state index is 5.52. The molecule has 0 N–H and O–H groups in total. The highest BCUT2D eigenvalue weighted by Crippen LogP contribution is 2.48. The van der Waals surface area contributed by atoms with Crippen molar-refractivity contribution < 1.29 is 0 Å². The van der Waals surface area contributed by atoms with Crippen LogP contribution in [0.1, 0.15) is 61.7 Å². The number of benzene rings is 8. The molecule has 2 aliphatic carbocycles. The average Bonchev–Trinajstić information content (AvgIpc) is 3.98. The van der Waals surface area contributed by atoms with E-state index in [-0.39, 0.29) is 0 Å². The van der Waals surface area contributed by atoms with E-state index in [9.17, 15) is 0 Å². The highest BCUT2D eigenvalue weighted by molar-refractivity contribution is 7.26. The van der Waals surface area contributed by atoms with Gasteiger partial charge in [-0.05, 0) is 95.1 Å². The molecular formula is C63H48N4S. The second-order valence-corrected chi connectivity index (χ2v) is 19.5. The number of aromatic nitrogens is 4. The lowest BCUT2D eigenvalue weighted by Gasteiger charge is -2.22. The Hall–Kier alpha value is -7.73. The van der Waals surface area contributed by atoms with Gasteiger partial charge in [0.2, 0.25) is 0 Å². The third-order valence-corrected chi connectivity index (χ3v) is 15.5. The molecule has 0 bridgehead atoms. The standard InChI is InChI=1S/C63H48N4S/c1-6-19-41(20-7-1)46-37-47(42-21-8-2-9-22-42)39-48(38-46)45-33-34-50(54(40-45)63-65-61(43-23-10-3-11-24-43)64-62(66-63)44-25-12-4-13-26-44)51-30-18-31-53-59-57(68-60(51)53)36-35-56-58(59)52-29-16-17-32-55(52)67(56)49-27-14-5-15-28-49/h1-3,5-11,14-21,23-24,27-40,42,44H,4,12-13,22,25-26H2. The lowest BCUT2D eigenvalue weighted by Crippen LogP contribution is -2.11. The molecule has 68 heavy (non-hydrogen) atoms. The van der Waals surface area contributed by atoms with Gasteiger partial charge in [-0.3, -0.25) is 0 Å². The van der Waals surface area contributed by atoms with Crippen molar-refractivity contribution in [3.8, 4) is 61.8 Å². The smallest absolute Gasteiger partial charge is 0.164 e. The van der Waals surface area contributed by atoms with E-state index in [0.29, 0.717) is 11.8 Å². The van der Waals surface area contributed by atoms with Crippen molar-refractivity contribution in [3.05, 3.63) is 218 Å². The van der Waals surface area contributed by atoms with Crippen LogP contribution in [0.15, 0.2) is 206 Å². The first-order chi connectivity index (χ1) is 33.7. The van der Waals surface area contributed by atoms with Crippen LogP contribution in [0, 0.1) is 0 Å². The molecule has 326 valence electrons. The third-order valence-electron chi connectivity index (χ3n) is 14.3. The Morgan fingerprint density at radius 1 is 0.471 bits per heavy atom. The first-order valence-electron chi connectivity index (χ1n) is 24.1. The number of nitrogens with zero attached hydrogens (tertiary/aromatic N) is 4.